The summed E-state index contributed by atoms with van der Waals surface area (Å²) in [5, 5.41) is 9.47. The molecule has 2 atom stereocenters. The first-order valence-electron chi connectivity index (χ1n) is 6.88. The maximum absolute atomic E-state index is 12.1. The number of carbonyl (C=O) groups excluding carboxylic acids is 2. The van der Waals surface area contributed by atoms with Crippen molar-refractivity contribution < 1.29 is 9.59 Å². The molecule has 2 N–H and O–H groups in total. The van der Waals surface area contributed by atoms with Crippen LogP contribution in [0, 0.1) is 11.8 Å². The topological polar surface area (TPSA) is 58.2 Å². The molecule has 1 heterocycles. The molecule has 2 aromatic rings. The first-order valence-corrected chi connectivity index (χ1v) is 7.82. The standard InChI is InChI=1S/C16H16N2O2S/c1-10-7-14(10)16(20)17-12-4-2-3-11(8-12)15(19)18-13-5-6-21-9-13/h2-6,8-10,14H,7H2,1H3,(H,17,20)(H,18,19). The van der Waals surface area contributed by atoms with Crippen molar-refractivity contribution in [2.24, 2.45) is 11.8 Å². The third-order valence-electron chi connectivity index (χ3n) is 3.62. The molecule has 0 aliphatic heterocycles. The summed E-state index contributed by atoms with van der Waals surface area (Å²) in [5.74, 6) is 0.450. The van der Waals surface area contributed by atoms with E-state index in [2.05, 4.69) is 17.6 Å². The Balaban J connectivity index is 1.67. The Bertz CT molecular complexity index is 667. The number of rotatable bonds is 4. The summed E-state index contributed by atoms with van der Waals surface area (Å²) in [7, 11) is 0. The van der Waals surface area contributed by atoms with Crippen LogP contribution >= 0.6 is 11.3 Å². The van der Waals surface area contributed by atoms with Gasteiger partial charge < -0.3 is 10.6 Å². The third-order valence-corrected chi connectivity index (χ3v) is 4.30. The zero-order valence-corrected chi connectivity index (χ0v) is 12.4. The zero-order valence-electron chi connectivity index (χ0n) is 11.6. The van der Waals surface area contributed by atoms with E-state index in [1.165, 1.54) is 11.3 Å². The van der Waals surface area contributed by atoms with Gasteiger partial charge in [0.05, 0.1) is 5.69 Å². The number of benzene rings is 1. The molecule has 1 aliphatic rings. The van der Waals surface area contributed by atoms with Gasteiger partial charge in [0.2, 0.25) is 5.91 Å². The fourth-order valence-electron chi connectivity index (χ4n) is 2.20. The summed E-state index contributed by atoms with van der Waals surface area (Å²) in [4.78, 5) is 24.0. The van der Waals surface area contributed by atoms with E-state index in [0.29, 0.717) is 17.2 Å². The van der Waals surface area contributed by atoms with Crippen LogP contribution in [-0.4, -0.2) is 11.8 Å². The highest BCUT2D eigenvalue weighted by molar-refractivity contribution is 7.08. The molecule has 3 rings (SSSR count). The lowest BCUT2D eigenvalue weighted by molar-refractivity contribution is -0.117. The van der Waals surface area contributed by atoms with Gasteiger partial charge in [-0.1, -0.05) is 13.0 Å². The second kappa shape index (κ2) is 5.69. The summed E-state index contributed by atoms with van der Waals surface area (Å²) in [5.41, 5.74) is 1.98. The number of amides is 2. The Hall–Kier alpha value is -2.14. The number of hydrogen-bond donors (Lipinski definition) is 2. The van der Waals surface area contributed by atoms with Crippen LogP contribution < -0.4 is 10.6 Å². The predicted octanol–water partition coefficient (Wildman–Crippen LogP) is 3.59. The molecule has 5 heteroatoms. The molecule has 21 heavy (non-hydrogen) atoms. The van der Waals surface area contributed by atoms with Crippen LogP contribution in [0.15, 0.2) is 41.1 Å². The number of anilines is 2. The van der Waals surface area contributed by atoms with Crippen molar-refractivity contribution in [3.05, 3.63) is 46.7 Å². The summed E-state index contributed by atoms with van der Waals surface area (Å²) in [6, 6.07) is 8.85. The number of thiophene rings is 1. The third kappa shape index (κ3) is 3.31. The minimum absolute atomic E-state index is 0.0397. The fraction of sp³-hybridized carbons (Fsp3) is 0.250. The minimum atomic E-state index is -0.177. The molecule has 2 unspecified atom stereocenters. The van der Waals surface area contributed by atoms with Crippen molar-refractivity contribution in [3.63, 3.8) is 0 Å². The van der Waals surface area contributed by atoms with Gasteiger partial charge in [-0.15, -0.1) is 0 Å². The number of carbonyl (C=O) groups is 2. The van der Waals surface area contributed by atoms with Crippen molar-refractivity contribution >= 4 is 34.5 Å². The quantitative estimate of drug-likeness (QED) is 0.906. The summed E-state index contributed by atoms with van der Waals surface area (Å²) in [6.45, 7) is 2.06. The van der Waals surface area contributed by atoms with E-state index in [1.54, 1.807) is 24.3 Å². The van der Waals surface area contributed by atoms with Gasteiger partial charge >= 0.3 is 0 Å². The molecule has 4 nitrogen and oxygen atoms in total. The SMILES string of the molecule is CC1CC1C(=O)Nc1cccc(C(=O)Nc2ccsc2)c1. The number of nitrogens with one attached hydrogen (secondary N) is 2. The lowest BCUT2D eigenvalue weighted by atomic mass is 10.2. The maximum atomic E-state index is 12.1. The van der Waals surface area contributed by atoms with Crippen molar-refractivity contribution in [2.75, 3.05) is 10.6 Å². The highest BCUT2D eigenvalue weighted by Gasteiger charge is 2.39. The van der Waals surface area contributed by atoms with Crippen molar-refractivity contribution in [2.45, 2.75) is 13.3 Å². The maximum Gasteiger partial charge on any atom is 0.255 e. The summed E-state index contributed by atoms with van der Waals surface area (Å²) in [6.07, 6.45) is 0.949. The molecule has 1 saturated carbocycles. The first kappa shape index (κ1) is 13.8. The minimum Gasteiger partial charge on any atom is -0.326 e. The molecule has 108 valence electrons. The molecule has 1 aliphatic carbocycles. The van der Waals surface area contributed by atoms with Crippen LogP contribution in [0.25, 0.3) is 0 Å². The Morgan fingerprint density at radius 1 is 1.19 bits per heavy atom. The average molecular weight is 300 g/mol. The Labute approximate surface area is 127 Å². The van der Waals surface area contributed by atoms with Gasteiger partial charge in [-0.25, -0.2) is 0 Å². The van der Waals surface area contributed by atoms with Crippen molar-refractivity contribution in [1.82, 2.24) is 0 Å². The zero-order chi connectivity index (χ0) is 14.8. The Kier molecular flexibility index (Phi) is 3.75. The lowest BCUT2D eigenvalue weighted by Gasteiger charge is -2.07. The van der Waals surface area contributed by atoms with Crippen LogP contribution in [0.4, 0.5) is 11.4 Å². The number of hydrogen-bond acceptors (Lipinski definition) is 3. The lowest BCUT2D eigenvalue weighted by Crippen LogP contribution is -2.16. The van der Waals surface area contributed by atoms with Gasteiger partial charge in [-0.2, -0.15) is 11.3 Å². The molecule has 0 bridgehead atoms. The Morgan fingerprint density at radius 2 is 2.00 bits per heavy atom. The van der Waals surface area contributed by atoms with Gasteiger partial charge in [0, 0.05) is 22.5 Å². The van der Waals surface area contributed by atoms with E-state index < -0.39 is 0 Å². The average Bonchev–Trinajstić information content (AvgIpc) is 2.98. The summed E-state index contributed by atoms with van der Waals surface area (Å²) >= 11 is 1.53. The van der Waals surface area contributed by atoms with Gasteiger partial charge in [0.25, 0.3) is 5.91 Å². The van der Waals surface area contributed by atoms with Crippen molar-refractivity contribution in [3.8, 4) is 0 Å². The van der Waals surface area contributed by atoms with Crippen LogP contribution in [-0.2, 0) is 4.79 Å². The highest BCUT2D eigenvalue weighted by atomic mass is 32.1. The van der Waals surface area contributed by atoms with Gasteiger partial charge in [-0.3, -0.25) is 9.59 Å². The van der Waals surface area contributed by atoms with E-state index in [-0.39, 0.29) is 17.7 Å². The van der Waals surface area contributed by atoms with E-state index in [4.69, 9.17) is 0 Å². The molecular formula is C16H16N2O2S. The second-order valence-electron chi connectivity index (χ2n) is 5.36. The fourth-order valence-corrected chi connectivity index (χ4v) is 2.79. The molecule has 1 fully saturated rings. The molecule has 2 amide bonds. The smallest absolute Gasteiger partial charge is 0.255 e. The van der Waals surface area contributed by atoms with Crippen LogP contribution in [0.5, 0.6) is 0 Å². The normalized spacial score (nSPS) is 19.9. The van der Waals surface area contributed by atoms with Crippen LogP contribution in [0.3, 0.4) is 0 Å². The van der Waals surface area contributed by atoms with E-state index in [9.17, 15) is 9.59 Å². The molecule has 0 spiro atoms. The molecule has 0 saturated heterocycles. The summed E-state index contributed by atoms with van der Waals surface area (Å²) < 4.78 is 0. The first-order chi connectivity index (χ1) is 10.1. The van der Waals surface area contributed by atoms with Crippen LogP contribution in [0.1, 0.15) is 23.7 Å². The predicted molar refractivity (Wildman–Crippen MR) is 84.6 cm³/mol. The largest absolute Gasteiger partial charge is 0.326 e. The highest BCUT2D eigenvalue weighted by Crippen LogP contribution is 2.38. The molecule has 0 radical (unpaired) electrons. The molecular weight excluding hydrogens is 284 g/mol. The van der Waals surface area contributed by atoms with Gasteiger partial charge in [-0.05, 0) is 42.0 Å². The Morgan fingerprint density at radius 3 is 2.67 bits per heavy atom. The second-order valence-corrected chi connectivity index (χ2v) is 6.14. The van der Waals surface area contributed by atoms with E-state index in [1.807, 2.05) is 16.8 Å². The van der Waals surface area contributed by atoms with E-state index >= 15 is 0 Å². The monoisotopic (exact) mass is 300 g/mol. The van der Waals surface area contributed by atoms with Gasteiger partial charge in [0.1, 0.15) is 0 Å². The van der Waals surface area contributed by atoms with Crippen molar-refractivity contribution in [1.29, 1.82) is 0 Å². The van der Waals surface area contributed by atoms with E-state index in [0.717, 1.165) is 12.1 Å². The molecule has 1 aromatic heterocycles. The van der Waals surface area contributed by atoms with Crippen LogP contribution in [0.2, 0.25) is 0 Å². The van der Waals surface area contributed by atoms with Gasteiger partial charge in [0.15, 0.2) is 0 Å². The molecule has 1 aromatic carbocycles.